The molecule has 0 aliphatic rings. The van der Waals surface area contributed by atoms with Crippen molar-refractivity contribution in [1.82, 2.24) is 15.2 Å². The number of esters is 1. The largest absolute Gasteiger partial charge is 0.459 e. The van der Waals surface area contributed by atoms with Gasteiger partial charge in [-0.05, 0) is 53.9 Å². The molecule has 11 nitrogen and oxygen atoms in total. The minimum absolute atomic E-state index is 0.00439. The Morgan fingerprint density at radius 2 is 1.81 bits per heavy atom. The highest BCUT2D eigenvalue weighted by Crippen LogP contribution is 2.27. The Balaban J connectivity index is 1.57. The smallest absolute Gasteiger partial charge is 0.396 e. The van der Waals surface area contributed by atoms with Gasteiger partial charge in [-0.2, -0.15) is 0 Å². The molecule has 0 saturated carbocycles. The fourth-order valence-corrected chi connectivity index (χ4v) is 3.38. The van der Waals surface area contributed by atoms with Gasteiger partial charge in [0.05, 0.1) is 18.5 Å². The van der Waals surface area contributed by atoms with E-state index in [2.05, 4.69) is 25.8 Å². The maximum atomic E-state index is 13.9. The molecule has 0 spiro atoms. The van der Waals surface area contributed by atoms with E-state index in [-0.39, 0.29) is 41.9 Å². The number of nitrogens with zero attached hydrogens (tertiary/aromatic N) is 3. The quantitative estimate of drug-likeness (QED) is 0.305. The number of amides is 2. The molecule has 2 heterocycles. The van der Waals surface area contributed by atoms with Crippen LogP contribution in [0.4, 0.5) is 16.1 Å². The number of halogens is 1. The molecule has 2 amide bonds. The van der Waals surface area contributed by atoms with Crippen LogP contribution < -0.4 is 16.4 Å². The van der Waals surface area contributed by atoms with Gasteiger partial charge < -0.3 is 20.2 Å². The zero-order valence-corrected chi connectivity index (χ0v) is 19.5. The minimum Gasteiger partial charge on any atom is -0.459 e. The summed E-state index contributed by atoms with van der Waals surface area (Å²) in [5.41, 5.74) is 8.34. The van der Waals surface area contributed by atoms with Gasteiger partial charge in [0.15, 0.2) is 5.82 Å². The number of hydrogen-bond acceptors (Lipinski definition) is 9. The number of pyridine rings is 1. The average molecular weight is 504 g/mol. The monoisotopic (exact) mass is 504 g/mol. The van der Waals surface area contributed by atoms with E-state index >= 15 is 0 Å². The normalized spacial score (nSPS) is 10.6. The van der Waals surface area contributed by atoms with Crippen LogP contribution in [0.1, 0.15) is 43.9 Å². The lowest BCUT2D eigenvalue weighted by Gasteiger charge is -2.12. The Morgan fingerprint density at radius 1 is 1.03 bits per heavy atom. The molecule has 0 fully saturated rings. The Hall–Kier alpha value is -4.97. The second kappa shape index (κ2) is 11.2. The first-order valence-corrected chi connectivity index (χ1v) is 11.1. The topological polar surface area (TPSA) is 162 Å². The van der Waals surface area contributed by atoms with Crippen LogP contribution in [0.25, 0.3) is 11.1 Å². The molecule has 4 aromatic rings. The van der Waals surface area contributed by atoms with Gasteiger partial charge in [-0.3, -0.25) is 19.9 Å². The molecule has 4 rings (SSSR count). The summed E-state index contributed by atoms with van der Waals surface area (Å²) in [4.78, 5) is 40.9. The van der Waals surface area contributed by atoms with Crippen LogP contribution in [0.3, 0.4) is 0 Å². The van der Waals surface area contributed by atoms with Crippen LogP contribution in [0.5, 0.6) is 0 Å². The molecule has 2 aromatic heterocycles. The second-order valence-electron chi connectivity index (χ2n) is 7.55. The van der Waals surface area contributed by atoms with E-state index in [0.717, 1.165) is 11.8 Å². The number of ether oxygens (including phenoxy) is 1. The third-order valence-corrected chi connectivity index (χ3v) is 5.14. The zero-order chi connectivity index (χ0) is 26.4. The van der Waals surface area contributed by atoms with Crippen molar-refractivity contribution in [2.24, 2.45) is 5.73 Å². The van der Waals surface area contributed by atoms with Crippen molar-refractivity contribution in [2.45, 2.75) is 13.5 Å². The van der Waals surface area contributed by atoms with Crippen LogP contribution >= 0.6 is 0 Å². The van der Waals surface area contributed by atoms with E-state index in [4.69, 9.17) is 14.9 Å². The van der Waals surface area contributed by atoms with Gasteiger partial charge in [0.1, 0.15) is 0 Å². The Bertz CT molecular complexity index is 1470. The number of carbonyl (C=O) groups excluding carboxylic acids is 3. The summed E-state index contributed by atoms with van der Waals surface area (Å²) in [5, 5.41) is 12.1. The molecule has 0 unspecified atom stereocenters. The lowest BCUT2D eigenvalue weighted by atomic mass is 9.95. The van der Waals surface area contributed by atoms with E-state index in [0.29, 0.717) is 11.1 Å². The maximum Gasteiger partial charge on any atom is 0.396 e. The van der Waals surface area contributed by atoms with Crippen molar-refractivity contribution >= 4 is 29.5 Å². The Kier molecular flexibility index (Phi) is 7.59. The average Bonchev–Trinajstić information content (AvgIpc) is 3.38. The number of hydrogen-bond donors (Lipinski definition) is 3. The highest BCUT2D eigenvalue weighted by atomic mass is 19.1. The number of carbonyl (C=O) groups is 3. The van der Waals surface area contributed by atoms with Crippen molar-refractivity contribution in [2.75, 3.05) is 17.2 Å². The first-order valence-electron chi connectivity index (χ1n) is 11.1. The van der Waals surface area contributed by atoms with E-state index in [1.54, 1.807) is 49.4 Å². The maximum absolute atomic E-state index is 13.9. The fraction of sp³-hybridized carbons (Fsp3) is 0.120. The number of aromatic nitrogens is 3. The van der Waals surface area contributed by atoms with Gasteiger partial charge in [0.25, 0.3) is 11.8 Å². The first kappa shape index (κ1) is 25.1. The molecule has 0 aliphatic heterocycles. The summed E-state index contributed by atoms with van der Waals surface area (Å²) in [5.74, 6) is -2.96. The van der Waals surface area contributed by atoms with Crippen LogP contribution in [0.15, 0.2) is 65.3 Å². The molecule has 2 aromatic carbocycles. The zero-order valence-electron chi connectivity index (χ0n) is 19.5. The highest BCUT2D eigenvalue weighted by molar-refractivity contribution is 6.06. The van der Waals surface area contributed by atoms with Crippen molar-refractivity contribution in [3.8, 4) is 11.1 Å². The van der Waals surface area contributed by atoms with Gasteiger partial charge in [-0.15, -0.1) is 0 Å². The number of nitrogens with one attached hydrogen (secondary N) is 2. The summed E-state index contributed by atoms with van der Waals surface area (Å²) < 4.78 is 23.8. The van der Waals surface area contributed by atoms with Gasteiger partial charge in [0, 0.05) is 23.9 Å². The van der Waals surface area contributed by atoms with Gasteiger partial charge in [-0.25, -0.2) is 9.18 Å². The van der Waals surface area contributed by atoms with Crippen LogP contribution in [-0.4, -0.2) is 39.6 Å². The first-order chi connectivity index (χ1) is 17.9. The molecule has 0 radical (unpaired) electrons. The summed E-state index contributed by atoms with van der Waals surface area (Å²) in [6.45, 7) is 1.93. The van der Waals surface area contributed by atoms with E-state index in [1.165, 1.54) is 12.3 Å². The highest BCUT2D eigenvalue weighted by Gasteiger charge is 2.19. The van der Waals surface area contributed by atoms with Crippen LogP contribution in [-0.2, 0) is 11.3 Å². The second-order valence-corrected chi connectivity index (χ2v) is 7.55. The number of rotatable bonds is 8. The van der Waals surface area contributed by atoms with E-state index in [1.807, 2.05) is 0 Å². The molecular formula is C25H21FN6O5. The molecule has 0 atom stereocenters. The molecule has 0 aliphatic carbocycles. The van der Waals surface area contributed by atoms with E-state index in [9.17, 15) is 18.8 Å². The Labute approximate surface area is 209 Å². The van der Waals surface area contributed by atoms with Gasteiger partial charge in [0.2, 0.25) is 0 Å². The molecule has 4 N–H and O–H groups in total. The number of nitrogens with two attached hydrogens (primary N) is 1. The summed E-state index contributed by atoms with van der Waals surface area (Å²) >= 11 is 0. The minimum atomic E-state index is -0.803. The van der Waals surface area contributed by atoms with Crippen molar-refractivity contribution in [3.05, 3.63) is 89.3 Å². The van der Waals surface area contributed by atoms with Crippen LogP contribution in [0, 0.1) is 5.82 Å². The molecule has 0 saturated heterocycles. The molecule has 37 heavy (non-hydrogen) atoms. The molecule has 188 valence electrons. The standard InChI is InChI=1S/C25H21FN6O5/c1-2-36-24(35)23-31-32-25(37-23)30-22(34)15-5-3-4-14(10-15)18-11-16(6-7-17(18)12-27)21(33)29-20-8-9-28-13-19(20)26/h3-11,13H,2,12,27H2,1H3,(H,28,29,33)(H,30,32,34). The van der Waals surface area contributed by atoms with Crippen molar-refractivity contribution in [1.29, 1.82) is 0 Å². The van der Waals surface area contributed by atoms with E-state index < -0.39 is 23.6 Å². The van der Waals surface area contributed by atoms with Crippen molar-refractivity contribution in [3.63, 3.8) is 0 Å². The fourth-order valence-electron chi connectivity index (χ4n) is 3.38. The predicted molar refractivity (Wildman–Crippen MR) is 130 cm³/mol. The molecule has 12 heteroatoms. The molecule has 0 bridgehead atoms. The summed E-state index contributed by atoms with van der Waals surface area (Å²) in [6.07, 6.45) is 2.37. The summed E-state index contributed by atoms with van der Waals surface area (Å²) in [7, 11) is 0. The van der Waals surface area contributed by atoms with Crippen molar-refractivity contribution < 1.29 is 27.9 Å². The van der Waals surface area contributed by atoms with Gasteiger partial charge in [-0.1, -0.05) is 28.4 Å². The predicted octanol–water partition coefficient (Wildman–Crippen LogP) is 3.41. The third-order valence-electron chi connectivity index (χ3n) is 5.14. The number of anilines is 2. The number of benzene rings is 2. The SMILES string of the molecule is CCOC(=O)c1nnc(NC(=O)c2cccc(-c3cc(C(=O)Nc4ccncc4F)ccc3CN)c2)o1. The lowest BCUT2D eigenvalue weighted by molar-refractivity contribution is 0.0481. The van der Waals surface area contributed by atoms with Gasteiger partial charge >= 0.3 is 17.9 Å². The third kappa shape index (κ3) is 5.82. The molecular weight excluding hydrogens is 483 g/mol. The summed E-state index contributed by atoms with van der Waals surface area (Å²) in [6, 6.07) is 12.5. The Morgan fingerprint density at radius 3 is 2.57 bits per heavy atom. The van der Waals surface area contributed by atoms with Crippen LogP contribution in [0.2, 0.25) is 0 Å². The lowest BCUT2D eigenvalue weighted by Crippen LogP contribution is -2.14.